The minimum absolute atomic E-state index is 0.0421. The van der Waals surface area contributed by atoms with E-state index in [1.165, 1.54) is 0 Å². The predicted octanol–water partition coefficient (Wildman–Crippen LogP) is 0.938. The van der Waals surface area contributed by atoms with Crippen molar-refractivity contribution in [3.63, 3.8) is 0 Å². The lowest BCUT2D eigenvalue weighted by molar-refractivity contribution is 0.0683. The van der Waals surface area contributed by atoms with Crippen molar-refractivity contribution in [1.29, 1.82) is 0 Å². The van der Waals surface area contributed by atoms with Crippen molar-refractivity contribution in [2.45, 2.75) is 19.5 Å². The van der Waals surface area contributed by atoms with Gasteiger partial charge in [-0.2, -0.15) is 5.10 Å². The summed E-state index contributed by atoms with van der Waals surface area (Å²) in [6.45, 7) is 3.02. The van der Waals surface area contributed by atoms with Crippen LogP contribution in [-0.4, -0.2) is 56.5 Å². The maximum atomic E-state index is 13.1. The Hall–Kier alpha value is -3.56. The zero-order valence-corrected chi connectivity index (χ0v) is 14.9. The Morgan fingerprint density at radius 1 is 1.26 bits per heavy atom. The second kappa shape index (κ2) is 5.73. The third kappa shape index (κ3) is 2.40. The molecule has 0 spiro atoms. The quantitative estimate of drug-likeness (QED) is 0.525. The van der Waals surface area contributed by atoms with E-state index in [1.54, 1.807) is 32.6 Å². The third-order valence-corrected chi connectivity index (χ3v) is 4.83. The predicted molar refractivity (Wildman–Crippen MR) is 94.7 cm³/mol. The first-order valence-corrected chi connectivity index (χ1v) is 8.62. The van der Waals surface area contributed by atoms with Crippen molar-refractivity contribution in [2.24, 2.45) is 7.05 Å². The first kappa shape index (κ1) is 15.7. The van der Waals surface area contributed by atoms with Crippen LogP contribution in [0.2, 0.25) is 0 Å². The Bertz CT molecular complexity index is 1150. The SMILES string of the molecule is C[C@H]1CN(C(=O)c2cccn3cnnc23)Cc2nnc(-c3cnn(C)c3)n21. The Labute approximate surface area is 154 Å². The van der Waals surface area contributed by atoms with E-state index in [0.29, 0.717) is 24.3 Å². The van der Waals surface area contributed by atoms with E-state index in [2.05, 4.69) is 37.0 Å². The smallest absolute Gasteiger partial charge is 0.258 e. The van der Waals surface area contributed by atoms with Crippen LogP contribution in [0.15, 0.2) is 37.1 Å². The fourth-order valence-corrected chi connectivity index (χ4v) is 3.61. The Morgan fingerprint density at radius 3 is 2.96 bits per heavy atom. The summed E-state index contributed by atoms with van der Waals surface area (Å²) in [6, 6.07) is 3.64. The van der Waals surface area contributed by atoms with Crippen LogP contribution >= 0.6 is 0 Å². The van der Waals surface area contributed by atoms with Gasteiger partial charge in [0, 0.05) is 26.0 Å². The Balaban J connectivity index is 1.49. The van der Waals surface area contributed by atoms with Gasteiger partial charge in [-0.3, -0.25) is 13.9 Å². The summed E-state index contributed by atoms with van der Waals surface area (Å²) in [6.07, 6.45) is 7.09. The molecule has 27 heavy (non-hydrogen) atoms. The molecule has 4 aromatic rings. The van der Waals surface area contributed by atoms with Crippen LogP contribution in [0.4, 0.5) is 0 Å². The summed E-state index contributed by atoms with van der Waals surface area (Å²) in [5, 5.41) is 20.8. The maximum absolute atomic E-state index is 13.1. The van der Waals surface area contributed by atoms with E-state index in [9.17, 15) is 4.79 Å². The van der Waals surface area contributed by atoms with Crippen LogP contribution in [0, 0.1) is 0 Å². The molecule has 0 fully saturated rings. The molecule has 0 N–H and O–H groups in total. The van der Waals surface area contributed by atoms with Gasteiger partial charge in [0.05, 0.1) is 29.9 Å². The van der Waals surface area contributed by atoms with Crippen molar-refractivity contribution in [1.82, 2.24) is 44.0 Å². The van der Waals surface area contributed by atoms with Crippen molar-refractivity contribution < 1.29 is 4.79 Å². The molecule has 1 atom stereocenters. The van der Waals surface area contributed by atoms with Crippen LogP contribution in [0.1, 0.15) is 29.1 Å². The normalized spacial score (nSPS) is 16.7. The first-order chi connectivity index (χ1) is 13.1. The van der Waals surface area contributed by atoms with Crippen LogP contribution in [0.5, 0.6) is 0 Å². The van der Waals surface area contributed by atoms with Gasteiger partial charge in [-0.15, -0.1) is 20.4 Å². The third-order valence-electron chi connectivity index (χ3n) is 4.83. The van der Waals surface area contributed by atoms with E-state index < -0.39 is 0 Å². The highest BCUT2D eigenvalue weighted by atomic mass is 16.2. The Kier molecular flexibility index (Phi) is 3.33. The van der Waals surface area contributed by atoms with Crippen LogP contribution in [-0.2, 0) is 13.6 Å². The summed E-state index contributed by atoms with van der Waals surface area (Å²) in [7, 11) is 1.87. The molecule has 0 radical (unpaired) electrons. The number of hydrogen-bond acceptors (Lipinski definition) is 6. The number of carbonyl (C=O) groups is 1. The van der Waals surface area contributed by atoms with Crippen LogP contribution in [0.3, 0.4) is 0 Å². The number of nitrogens with zero attached hydrogens (tertiary/aromatic N) is 9. The van der Waals surface area contributed by atoms with Gasteiger partial charge < -0.3 is 9.47 Å². The topological polar surface area (TPSA) is 99.0 Å². The molecule has 0 unspecified atom stereocenters. The monoisotopic (exact) mass is 363 g/mol. The van der Waals surface area contributed by atoms with Crippen molar-refractivity contribution >= 4 is 11.6 Å². The van der Waals surface area contributed by atoms with E-state index in [0.717, 1.165) is 17.2 Å². The van der Waals surface area contributed by atoms with Gasteiger partial charge in [-0.1, -0.05) is 0 Å². The average Bonchev–Trinajstić information content (AvgIpc) is 3.39. The zero-order chi connectivity index (χ0) is 18.5. The number of pyridine rings is 1. The molecule has 0 saturated heterocycles. The minimum atomic E-state index is -0.0855. The highest BCUT2D eigenvalue weighted by molar-refractivity contribution is 5.99. The molecule has 0 saturated carbocycles. The summed E-state index contributed by atoms with van der Waals surface area (Å²) in [5.41, 5.74) is 2.00. The van der Waals surface area contributed by atoms with Gasteiger partial charge in [0.15, 0.2) is 17.3 Å². The number of hydrogen-bond donors (Lipinski definition) is 0. The molecule has 5 rings (SSSR count). The van der Waals surface area contributed by atoms with Crippen LogP contribution < -0.4 is 0 Å². The summed E-state index contributed by atoms with van der Waals surface area (Å²) < 4.78 is 5.56. The molecular formula is C17H17N9O. The Morgan fingerprint density at radius 2 is 2.15 bits per heavy atom. The van der Waals surface area contributed by atoms with Crippen molar-refractivity contribution in [2.75, 3.05) is 6.54 Å². The lowest BCUT2D eigenvalue weighted by Gasteiger charge is -2.32. The molecule has 1 aliphatic heterocycles. The molecule has 136 valence electrons. The summed E-state index contributed by atoms with van der Waals surface area (Å²) in [4.78, 5) is 14.9. The standard InChI is InChI=1S/C17H17N9O/c1-11-7-25(17(27)13-4-3-5-24-10-18-21-16(13)24)9-14-20-22-15(26(11)14)12-6-19-23(2)8-12/h3-6,8,10-11H,7,9H2,1-2H3/t11-/m0/s1. The first-order valence-electron chi connectivity index (χ1n) is 8.62. The van der Waals surface area contributed by atoms with Crippen molar-refractivity contribution in [3.05, 3.63) is 48.4 Å². The van der Waals surface area contributed by atoms with Gasteiger partial charge in [-0.05, 0) is 19.1 Å². The van der Waals surface area contributed by atoms with E-state index in [4.69, 9.17) is 0 Å². The second-order valence-electron chi connectivity index (χ2n) is 6.73. The fourth-order valence-electron chi connectivity index (χ4n) is 3.61. The number of carbonyl (C=O) groups excluding carboxylic acids is 1. The van der Waals surface area contributed by atoms with Gasteiger partial charge in [0.25, 0.3) is 5.91 Å². The molecule has 0 bridgehead atoms. The molecule has 1 amide bonds. The molecule has 0 aromatic carbocycles. The minimum Gasteiger partial charge on any atom is -0.329 e. The van der Waals surface area contributed by atoms with Crippen LogP contribution in [0.25, 0.3) is 17.0 Å². The molecule has 10 heteroatoms. The molecule has 0 aliphatic carbocycles. The van der Waals surface area contributed by atoms with E-state index in [1.807, 2.05) is 25.5 Å². The van der Waals surface area contributed by atoms with E-state index in [-0.39, 0.29) is 11.9 Å². The molecule has 10 nitrogen and oxygen atoms in total. The average molecular weight is 363 g/mol. The van der Waals surface area contributed by atoms with E-state index >= 15 is 0 Å². The van der Waals surface area contributed by atoms with Gasteiger partial charge in [0.2, 0.25) is 0 Å². The fraction of sp³-hybridized carbons (Fsp3) is 0.294. The van der Waals surface area contributed by atoms with Gasteiger partial charge >= 0.3 is 0 Å². The largest absolute Gasteiger partial charge is 0.329 e. The number of aromatic nitrogens is 8. The molecular weight excluding hydrogens is 346 g/mol. The number of fused-ring (bicyclic) bond motifs is 2. The zero-order valence-electron chi connectivity index (χ0n) is 14.9. The van der Waals surface area contributed by atoms with Crippen molar-refractivity contribution in [3.8, 4) is 11.4 Å². The van der Waals surface area contributed by atoms with Gasteiger partial charge in [0.1, 0.15) is 6.33 Å². The lowest BCUT2D eigenvalue weighted by Crippen LogP contribution is -2.40. The summed E-state index contributed by atoms with van der Waals surface area (Å²) >= 11 is 0. The number of aryl methyl sites for hydroxylation is 1. The van der Waals surface area contributed by atoms with Gasteiger partial charge in [-0.25, -0.2) is 0 Å². The maximum Gasteiger partial charge on any atom is 0.258 e. The molecule has 1 aliphatic rings. The number of rotatable bonds is 2. The molecule has 5 heterocycles. The highest BCUT2D eigenvalue weighted by Gasteiger charge is 2.31. The second-order valence-corrected chi connectivity index (χ2v) is 6.73. The lowest BCUT2D eigenvalue weighted by atomic mass is 10.1. The highest BCUT2D eigenvalue weighted by Crippen LogP contribution is 2.28. The summed E-state index contributed by atoms with van der Waals surface area (Å²) in [5.74, 6) is 1.45. The number of amides is 1. The molecule has 4 aromatic heterocycles.